The summed E-state index contributed by atoms with van der Waals surface area (Å²) in [5.41, 5.74) is 0.263. The van der Waals surface area contributed by atoms with Crippen LogP contribution in [0.4, 0.5) is 0 Å². The van der Waals surface area contributed by atoms with Gasteiger partial charge in [0.1, 0.15) is 0 Å². The van der Waals surface area contributed by atoms with Gasteiger partial charge in [-0.2, -0.15) is 0 Å². The van der Waals surface area contributed by atoms with E-state index in [9.17, 15) is 0 Å². The van der Waals surface area contributed by atoms with Crippen molar-refractivity contribution in [1.29, 1.82) is 0 Å². The number of thiocarbonyl (C=S) groups is 1. The molecule has 0 heterocycles. The molecular weight excluding hydrogens is 286 g/mol. The summed E-state index contributed by atoms with van der Waals surface area (Å²) in [5, 5.41) is 3.77. The maximum Gasteiger partial charge on any atom is 0.0819 e. The molecule has 0 radical (unpaired) electrons. The van der Waals surface area contributed by atoms with Gasteiger partial charge in [0.25, 0.3) is 0 Å². The zero-order valence-electron chi connectivity index (χ0n) is 12.3. The van der Waals surface area contributed by atoms with Crippen molar-refractivity contribution in [3.05, 3.63) is 0 Å². The van der Waals surface area contributed by atoms with Crippen LogP contribution in [0.15, 0.2) is 0 Å². The van der Waals surface area contributed by atoms with Crippen LogP contribution in [-0.4, -0.2) is 15.9 Å². The van der Waals surface area contributed by atoms with E-state index in [-0.39, 0.29) is 10.3 Å². The van der Waals surface area contributed by atoms with E-state index in [0.717, 1.165) is 18.3 Å². The van der Waals surface area contributed by atoms with Crippen LogP contribution in [0.1, 0.15) is 70.6 Å². The van der Waals surface area contributed by atoms with E-state index in [1.807, 2.05) is 0 Å². The Morgan fingerprint density at radius 3 is 2.25 bits per heavy atom. The Bertz CT molecular complexity index is 401. The van der Waals surface area contributed by atoms with Gasteiger partial charge >= 0.3 is 0 Å². The van der Waals surface area contributed by atoms with Crippen LogP contribution < -0.4 is 5.32 Å². The van der Waals surface area contributed by atoms with Crippen molar-refractivity contribution >= 4 is 28.8 Å². The van der Waals surface area contributed by atoms with Gasteiger partial charge in [-0.3, -0.25) is 0 Å². The molecule has 5 fully saturated rings. The molecule has 2 unspecified atom stereocenters. The fourth-order valence-electron chi connectivity index (χ4n) is 6.00. The lowest BCUT2D eigenvalue weighted by molar-refractivity contribution is 0.000971. The number of hydrogen-bond donors (Lipinski definition) is 1. The van der Waals surface area contributed by atoms with Crippen molar-refractivity contribution in [3.63, 3.8) is 0 Å². The predicted octanol–water partition coefficient (Wildman–Crippen LogP) is 4.81. The molecule has 5 aliphatic rings. The Morgan fingerprint density at radius 1 is 1.00 bits per heavy atom. The van der Waals surface area contributed by atoms with Gasteiger partial charge in [-0.25, -0.2) is 0 Å². The van der Waals surface area contributed by atoms with Gasteiger partial charge in [0.15, 0.2) is 0 Å². The molecule has 0 spiro atoms. The largest absolute Gasteiger partial charge is 0.376 e. The van der Waals surface area contributed by atoms with Crippen LogP contribution in [-0.2, 0) is 0 Å². The van der Waals surface area contributed by atoms with Gasteiger partial charge < -0.3 is 5.32 Å². The van der Waals surface area contributed by atoms with Crippen molar-refractivity contribution < 1.29 is 0 Å². The molecule has 5 saturated carbocycles. The smallest absolute Gasteiger partial charge is 0.0819 e. The molecule has 112 valence electrons. The minimum Gasteiger partial charge on any atom is -0.376 e. The molecule has 2 atom stereocenters. The minimum absolute atomic E-state index is 0.0857. The second kappa shape index (κ2) is 4.84. The second-order valence-corrected chi connectivity index (χ2v) is 9.41. The van der Waals surface area contributed by atoms with E-state index in [2.05, 4.69) is 5.32 Å². The molecule has 4 bridgehead atoms. The number of hydrogen-bond acceptors (Lipinski definition) is 1. The summed E-state index contributed by atoms with van der Waals surface area (Å²) >= 11 is 12.8. The summed E-state index contributed by atoms with van der Waals surface area (Å²) in [7, 11) is 0. The van der Waals surface area contributed by atoms with Crippen LogP contribution in [0, 0.1) is 17.3 Å². The number of rotatable bonds is 2. The van der Waals surface area contributed by atoms with Crippen molar-refractivity contribution in [3.8, 4) is 0 Å². The first kappa shape index (κ1) is 13.8. The van der Waals surface area contributed by atoms with Crippen LogP contribution in [0.3, 0.4) is 0 Å². The Labute approximate surface area is 133 Å². The van der Waals surface area contributed by atoms with Gasteiger partial charge in [-0.1, -0.05) is 31.5 Å². The first-order valence-corrected chi connectivity index (χ1v) is 9.36. The summed E-state index contributed by atoms with van der Waals surface area (Å²) in [5.74, 6) is 1.69. The van der Waals surface area contributed by atoms with Gasteiger partial charge in [-0.15, -0.1) is 11.6 Å². The first-order valence-electron chi connectivity index (χ1n) is 8.57. The van der Waals surface area contributed by atoms with Gasteiger partial charge in [0.2, 0.25) is 0 Å². The third-order valence-electron chi connectivity index (χ3n) is 6.41. The molecule has 5 rings (SSSR count). The molecule has 0 saturated heterocycles. The zero-order chi connectivity index (χ0) is 13.8. The quantitative estimate of drug-likeness (QED) is 0.580. The lowest BCUT2D eigenvalue weighted by Gasteiger charge is -2.60. The Kier molecular flexibility index (Phi) is 3.35. The fourth-order valence-corrected chi connectivity index (χ4v) is 7.10. The van der Waals surface area contributed by atoms with E-state index in [0.29, 0.717) is 6.04 Å². The maximum absolute atomic E-state index is 6.92. The van der Waals surface area contributed by atoms with Crippen LogP contribution in [0.2, 0.25) is 0 Å². The highest BCUT2D eigenvalue weighted by Gasteiger charge is 2.58. The molecule has 0 aromatic carbocycles. The fraction of sp³-hybridized carbons (Fsp3) is 0.941. The van der Waals surface area contributed by atoms with E-state index >= 15 is 0 Å². The van der Waals surface area contributed by atoms with Crippen molar-refractivity contribution in [1.82, 2.24) is 5.32 Å². The van der Waals surface area contributed by atoms with Crippen LogP contribution in [0.25, 0.3) is 0 Å². The van der Waals surface area contributed by atoms with Crippen LogP contribution in [0.5, 0.6) is 0 Å². The van der Waals surface area contributed by atoms with Crippen molar-refractivity contribution in [2.24, 2.45) is 17.3 Å². The zero-order valence-corrected chi connectivity index (χ0v) is 13.9. The Hall–Kier alpha value is 0.180. The maximum atomic E-state index is 6.92. The molecule has 0 aliphatic heterocycles. The average molecular weight is 312 g/mol. The SMILES string of the molecule is S=C(NC1CCCCC1)C12CC3CC(CC(Cl)(C3)C1)C2. The Morgan fingerprint density at radius 2 is 1.65 bits per heavy atom. The topological polar surface area (TPSA) is 12.0 Å². The van der Waals surface area contributed by atoms with Gasteiger partial charge in [0, 0.05) is 16.3 Å². The van der Waals surface area contributed by atoms with Crippen molar-refractivity contribution in [2.75, 3.05) is 0 Å². The molecule has 1 N–H and O–H groups in total. The van der Waals surface area contributed by atoms with E-state index in [4.69, 9.17) is 23.8 Å². The first-order chi connectivity index (χ1) is 9.57. The third-order valence-corrected chi connectivity index (χ3v) is 7.40. The monoisotopic (exact) mass is 311 g/mol. The minimum atomic E-state index is 0.0857. The van der Waals surface area contributed by atoms with Gasteiger partial charge in [0.05, 0.1) is 4.99 Å². The molecule has 0 aromatic rings. The standard InChI is InChI=1S/C17H26ClNS/c18-17-9-12-6-13(10-17)8-16(7-12,11-17)15(20)19-14-4-2-1-3-5-14/h12-14H,1-11H2,(H,19,20). The molecule has 3 heteroatoms. The molecule has 5 aliphatic carbocycles. The third kappa shape index (κ3) is 2.31. The Balaban J connectivity index is 1.50. The predicted molar refractivity (Wildman–Crippen MR) is 88.3 cm³/mol. The van der Waals surface area contributed by atoms with E-state index in [1.165, 1.54) is 69.2 Å². The summed E-state index contributed by atoms with van der Waals surface area (Å²) in [6.45, 7) is 0. The summed E-state index contributed by atoms with van der Waals surface area (Å²) in [4.78, 5) is 1.27. The molecule has 20 heavy (non-hydrogen) atoms. The highest BCUT2D eigenvalue weighted by molar-refractivity contribution is 7.80. The summed E-state index contributed by atoms with van der Waals surface area (Å²) in [6.07, 6.45) is 14.5. The highest BCUT2D eigenvalue weighted by atomic mass is 35.5. The molecular formula is C17H26ClNS. The molecule has 0 amide bonds. The molecule has 0 aromatic heterocycles. The normalized spacial score (nSPS) is 47.5. The summed E-state index contributed by atoms with van der Waals surface area (Å²) < 4.78 is 0. The second-order valence-electron chi connectivity index (χ2n) is 8.20. The van der Waals surface area contributed by atoms with E-state index in [1.54, 1.807) is 0 Å². The number of nitrogens with one attached hydrogen (secondary N) is 1. The van der Waals surface area contributed by atoms with Gasteiger partial charge in [-0.05, 0) is 63.2 Å². The summed E-state index contributed by atoms with van der Waals surface area (Å²) in [6, 6.07) is 0.649. The highest BCUT2D eigenvalue weighted by Crippen LogP contribution is 2.64. The van der Waals surface area contributed by atoms with Crippen molar-refractivity contribution in [2.45, 2.75) is 81.5 Å². The lowest BCUT2D eigenvalue weighted by Crippen LogP contribution is -2.59. The number of halogens is 1. The molecule has 1 nitrogen and oxygen atoms in total. The van der Waals surface area contributed by atoms with Crippen LogP contribution >= 0.6 is 23.8 Å². The number of alkyl halides is 1. The van der Waals surface area contributed by atoms with E-state index < -0.39 is 0 Å². The lowest BCUT2D eigenvalue weighted by atomic mass is 9.49. The average Bonchev–Trinajstić information content (AvgIpc) is 2.37.